The van der Waals surface area contributed by atoms with Crippen molar-refractivity contribution < 1.29 is 14.8 Å². The standard InChI is InChI=1S/C18H18N4O4/c1-2-15-12-18(24,14-7-9-19-10-8-14)21(20-15)17(23)11-13-3-5-16(6-4-13)22(25)26/h3-10,24H,2,11-12H2,1H3/t18-/m0/s1. The average Bonchev–Trinajstić information content (AvgIpc) is 3.01. The quantitative estimate of drug-likeness (QED) is 0.655. The van der Waals surface area contributed by atoms with Gasteiger partial charge in [0.05, 0.1) is 11.3 Å². The van der Waals surface area contributed by atoms with E-state index in [1.807, 2.05) is 6.92 Å². The number of amides is 1. The lowest BCUT2D eigenvalue weighted by Gasteiger charge is -2.31. The maximum atomic E-state index is 12.8. The highest BCUT2D eigenvalue weighted by Gasteiger charge is 2.45. The Morgan fingerprint density at radius 3 is 2.50 bits per heavy atom. The van der Waals surface area contributed by atoms with Crippen molar-refractivity contribution in [2.75, 3.05) is 0 Å². The predicted molar refractivity (Wildman–Crippen MR) is 94.1 cm³/mol. The van der Waals surface area contributed by atoms with Gasteiger partial charge in [0.15, 0.2) is 5.72 Å². The first-order valence-electron chi connectivity index (χ1n) is 8.19. The fourth-order valence-corrected chi connectivity index (χ4v) is 2.90. The molecular weight excluding hydrogens is 336 g/mol. The van der Waals surface area contributed by atoms with Gasteiger partial charge in [0.2, 0.25) is 5.91 Å². The Balaban J connectivity index is 1.85. The van der Waals surface area contributed by atoms with Crippen LogP contribution in [0.15, 0.2) is 53.9 Å². The van der Waals surface area contributed by atoms with Crippen molar-refractivity contribution in [1.82, 2.24) is 9.99 Å². The smallest absolute Gasteiger partial charge is 0.269 e. The molecule has 0 fully saturated rings. The van der Waals surface area contributed by atoms with E-state index in [9.17, 15) is 20.0 Å². The number of pyridine rings is 1. The number of nitrogens with zero attached hydrogens (tertiary/aromatic N) is 4. The van der Waals surface area contributed by atoms with E-state index in [2.05, 4.69) is 10.1 Å². The molecule has 0 unspecified atom stereocenters. The summed E-state index contributed by atoms with van der Waals surface area (Å²) in [5.41, 5.74) is 0.282. The zero-order valence-electron chi connectivity index (χ0n) is 14.2. The molecule has 0 aliphatic carbocycles. The zero-order valence-corrected chi connectivity index (χ0v) is 14.2. The van der Waals surface area contributed by atoms with Crippen LogP contribution >= 0.6 is 0 Å². The number of non-ortho nitro benzene ring substituents is 1. The van der Waals surface area contributed by atoms with Crippen molar-refractivity contribution in [1.29, 1.82) is 0 Å². The maximum absolute atomic E-state index is 12.8. The minimum Gasteiger partial charge on any atom is -0.365 e. The zero-order chi connectivity index (χ0) is 18.7. The number of rotatable bonds is 5. The van der Waals surface area contributed by atoms with E-state index in [4.69, 9.17) is 0 Å². The van der Waals surface area contributed by atoms with Crippen LogP contribution in [-0.4, -0.2) is 31.6 Å². The molecule has 134 valence electrons. The third-order valence-corrected chi connectivity index (χ3v) is 4.33. The highest BCUT2D eigenvalue weighted by atomic mass is 16.6. The SMILES string of the molecule is CCC1=NN(C(=O)Cc2ccc([N+](=O)[O-])cc2)[C@@](O)(c2ccncc2)C1. The molecule has 1 aromatic carbocycles. The van der Waals surface area contributed by atoms with Gasteiger partial charge < -0.3 is 5.11 Å². The van der Waals surface area contributed by atoms with Crippen LogP contribution in [0.5, 0.6) is 0 Å². The van der Waals surface area contributed by atoms with Crippen LogP contribution in [0, 0.1) is 10.1 Å². The lowest BCUT2D eigenvalue weighted by molar-refractivity contribution is -0.384. The summed E-state index contributed by atoms with van der Waals surface area (Å²) in [5, 5.41) is 27.3. The van der Waals surface area contributed by atoms with Crippen molar-refractivity contribution >= 4 is 17.3 Å². The Kier molecular flexibility index (Phi) is 4.77. The number of aromatic nitrogens is 1. The molecule has 1 aliphatic heterocycles. The molecule has 1 aliphatic rings. The Labute approximate surface area is 149 Å². The Hall–Kier alpha value is -3.13. The largest absolute Gasteiger partial charge is 0.365 e. The van der Waals surface area contributed by atoms with Gasteiger partial charge in [-0.2, -0.15) is 10.1 Å². The lowest BCUT2D eigenvalue weighted by atomic mass is 9.97. The number of nitro benzene ring substituents is 1. The summed E-state index contributed by atoms with van der Waals surface area (Å²) in [6.07, 6.45) is 3.94. The van der Waals surface area contributed by atoms with Crippen LogP contribution in [0.3, 0.4) is 0 Å². The molecule has 2 heterocycles. The van der Waals surface area contributed by atoms with Crippen molar-refractivity contribution in [3.8, 4) is 0 Å². The molecule has 0 bridgehead atoms. The van der Waals surface area contributed by atoms with Gasteiger partial charge in [0, 0.05) is 42.2 Å². The van der Waals surface area contributed by atoms with Crippen LogP contribution in [-0.2, 0) is 16.9 Å². The molecule has 3 rings (SSSR count). The molecule has 0 radical (unpaired) electrons. The summed E-state index contributed by atoms with van der Waals surface area (Å²) < 4.78 is 0. The van der Waals surface area contributed by atoms with Crippen molar-refractivity contribution in [3.05, 3.63) is 70.0 Å². The fourth-order valence-electron chi connectivity index (χ4n) is 2.90. The highest BCUT2D eigenvalue weighted by molar-refractivity contribution is 5.91. The van der Waals surface area contributed by atoms with Crippen molar-refractivity contribution in [2.45, 2.75) is 31.9 Å². The average molecular weight is 354 g/mol. The Bertz CT molecular complexity index is 851. The van der Waals surface area contributed by atoms with Gasteiger partial charge in [-0.25, -0.2) is 0 Å². The van der Waals surface area contributed by atoms with Crippen molar-refractivity contribution in [2.24, 2.45) is 5.10 Å². The number of nitro groups is 1. The van der Waals surface area contributed by atoms with E-state index in [0.29, 0.717) is 17.5 Å². The number of aliphatic hydroxyl groups is 1. The molecular formula is C18H18N4O4. The number of hydrazone groups is 1. The highest BCUT2D eigenvalue weighted by Crippen LogP contribution is 2.36. The van der Waals surface area contributed by atoms with Gasteiger partial charge in [-0.3, -0.25) is 19.9 Å². The van der Waals surface area contributed by atoms with Gasteiger partial charge in [-0.05, 0) is 24.1 Å². The number of hydrogen-bond donors (Lipinski definition) is 1. The number of benzene rings is 1. The minimum atomic E-state index is -1.55. The molecule has 26 heavy (non-hydrogen) atoms. The fraction of sp³-hybridized carbons (Fsp3) is 0.278. The topological polar surface area (TPSA) is 109 Å². The van der Waals surface area contributed by atoms with E-state index in [-0.39, 0.29) is 24.4 Å². The molecule has 1 aromatic heterocycles. The van der Waals surface area contributed by atoms with E-state index in [0.717, 1.165) is 10.7 Å². The molecule has 0 saturated heterocycles. The molecule has 0 spiro atoms. The molecule has 8 nitrogen and oxygen atoms in total. The lowest BCUT2D eigenvalue weighted by Crippen LogP contribution is -2.44. The normalized spacial score (nSPS) is 19.3. The second-order valence-electron chi connectivity index (χ2n) is 6.05. The van der Waals surface area contributed by atoms with Gasteiger partial charge in [0.25, 0.3) is 5.69 Å². The third-order valence-electron chi connectivity index (χ3n) is 4.33. The summed E-state index contributed by atoms with van der Waals surface area (Å²) in [7, 11) is 0. The summed E-state index contributed by atoms with van der Waals surface area (Å²) in [6.45, 7) is 1.91. The maximum Gasteiger partial charge on any atom is 0.269 e. The molecule has 2 aromatic rings. The second kappa shape index (κ2) is 7.01. The first-order valence-corrected chi connectivity index (χ1v) is 8.19. The molecule has 1 atom stereocenters. The van der Waals surface area contributed by atoms with Crippen molar-refractivity contribution in [3.63, 3.8) is 0 Å². The van der Waals surface area contributed by atoms with E-state index < -0.39 is 10.6 Å². The van der Waals surface area contributed by atoms with Gasteiger partial charge in [-0.15, -0.1) is 0 Å². The van der Waals surface area contributed by atoms with Crippen LogP contribution in [0.25, 0.3) is 0 Å². The van der Waals surface area contributed by atoms with E-state index >= 15 is 0 Å². The first kappa shape index (κ1) is 17.7. The number of carbonyl (C=O) groups excluding carboxylic acids is 1. The summed E-state index contributed by atoms with van der Waals surface area (Å²) >= 11 is 0. The Morgan fingerprint density at radius 1 is 1.27 bits per heavy atom. The second-order valence-corrected chi connectivity index (χ2v) is 6.05. The monoisotopic (exact) mass is 354 g/mol. The molecule has 0 saturated carbocycles. The van der Waals surface area contributed by atoms with Crippen LogP contribution in [0.1, 0.15) is 30.9 Å². The number of hydrogen-bond acceptors (Lipinski definition) is 6. The van der Waals surface area contributed by atoms with E-state index in [1.54, 1.807) is 24.5 Å². The van der Waals surface area contributed by atoms with Gasteiger partial charge in [-0.1, -0.05) is 19.1 Å². The van der Waals surface area contributed by atoms with Crippen LogP contribution < -0.4 is 0 Å². The number of carbonyl (C=O) groups is 1. The third kappa shape index (κ3) is 3.31. The first-order chi connectivity index (χ1) is 12.4. The molecule has 1 amide bonds. The minimum absolute atomic E-state index is 0.0219. The van der Waals surface area contributed by atoms with Gasteiger partial charge >= 0.3 is 0 Å². The Morgan fingerprint density at radius 2 is 1.92 bits per heavy atom. The van der Waals surface area contributed by atoms with Crippen LogP contribution in [0.4, 0.5) is 5.69 Å². The molecule has 1 N–H and O–H groups in total. The summed E-state index contributed by atoms with van der Waals surface area (Å²) in [5.74, 6) is -0.387. The predicted octanol–water partition coefficient (Wildman–Crippen LogP) is 2.38. The van der Waals surface area contributed by atoms with Crippen LogP contribution in [0.2, 0.25) is 0 Å². The van der Waals surface area contributed by atoms with E-state index in [1.165, 1.54) is 24.3 Å². The molecule has 8 heteroatoms. The van der Waals surface area contributed by atoms with Gasteiger partial charge in [0.1, 0.15) is 0 Å². The summed E-state index contributed by atoms with van der Waals surface area (Å²) in [6, 6.07) is 9.06. The summed E-state index contributed by atoms with van der Waals surface area (Å²) in [4.78, 5) is 27.0.